The highest BCUT2D eigenvalue weighted by Crippen LogP contribution is 2.55. The summed E-state index contributed by atoms with van der Waals surface area (Å²) >= 11 is 0. The van der Waals surface area contributed by atoms with Gasteiger partial charge in [0.05, 0.1) is 11.2 Å². The zero-order valence-electron chi connectivity index (χ0n) is 18.8. The van der Waals surface area contributed by atoms with E-state index in [1.165, 1.54) is 49.9 Å². The largest absolute Gasteiger partial charge is 0.247 e. The van der Waals surface area contributed by atoms with Gasteiger partial charge in [0, 0.05) is 16.4 Å². The number of para-hydroxylation sites is 1. The minimum Gasteiger partial charge on any atom is -0.247 e. The number of hydrogen-bond acceptors (Lipinski definition) is 1. The van der Waals surface area contributed by atoms with Gasteiger partial charge < -0.3 is 0 Å². The standard InChI is InChI=1S/C29H29N/c1-17(2)21-11-9-12-23-25-22-10-7-8-13-24(22)30-28(27(25)29(5,6)26(21)23)20-15-18(3)14-19(4)16-20/h7-17H,1-6H3. The Kier molecular flexibility index (Phi) is 4.15. The molecule has 0 N–H and O–H groups in total. The number of aryl methyl sites for hydroxylation is 2. The number of nitrogens with zero attached hydrogens (tertiary/aromatic N) is 1. The summed E-state index contributed by atoms with van der Waals surface area (Å²) in [5, 5.41) is 1.26. The van der Waals surface area contributed by atoms with Crippen molar-refractivity contribution in [3.8, 4) is 22.4 Å². The van der Waals surface area contributed by atoms with Crippen molar-refractivity contribution >= 4 is 10.9 Å². The molecule has 0 fully saturated rings. The summed E-state index contributed by atoms with van der Waals surface area (Å²) in [6, 6.07) is 22.3. The van der Waals surface area contributed by atoms with Crippen LogP contribution in [0.1, 0.15) is 61.4 Å². The van der Waals surface area contributed by atoms with Crippen LogP contribution < -0.4 is 0 Å². The highest BCUT2D eigenvalue weighted by Gasteiger charge is 2.41. The molecule has 150 valence electrons. The van der Waals surface area contributed by atoms with E-state index >= 15 is 0 Å². The van der Waals surface area contributed by atoms with Crippen molar-refractivity contribution in [3.05, 3.63) is 88.5 Å². The molecule has 0 saturated heterocycles. The first-order chi connectivity index (χ1) is 14.3. The minimum absolute atomic E-state index is 0.102. The van der Waals surface area contributed by atoms with Crippen LogP contribution in [-0.4, -0.2) is 4.98 Å². The van der Waals surface area contributed by atoms with Crippen LogP contribution in [-0.2, 0) is 5.41 Å². The molecule has 1 heteroatoms. The predicted octanol–water partition coefficient (Wildman–Crippen LogP) is 7.95. The molecule has 1 nitrogen and oxygen atoms in total. The molecule has 0 aliphatic heterocycles. The van der Waals surface area contributed by atoms with Crippen LogP contribution in [0, 0.1) is 13.8 Å². The molecule has 1 aromatic heterocycles. The number of rotatable bonds is 2. The Bertz CT molecular complexity index is 1290. The Morgan fingerprint density at radius 2 is 1.50 bits per heavy atom. The maximum Gasteiger partial charge on any atom is 0.0756 e. The quantitative estimate of drug-likeness (QED) is 0.338. The second-order valence-electron chi connectivity index (χ2n) is 9.65. The lowest BCUT2D eigenvalue weighted by Gasteiger charge is -2.27. The third-order valence-electron chi connectivity index (χ3n) is 6.63. The van der Waals surface area contributed by atoms with E-state index in [9.17, 15) is 0 Å². The van der Waals surface area contributed by atoms with E-state index in [4.69, 9.17) is 4.98 Å². The van der Waals surface area contributed by atoms with E-state index < -0.39 is 0 Å². The van der Waals surface area contributed by atoms with Crippen LogP contribution >= 0.6 is 0 Å². The first-order valence-corrected chi connectivity index (χ1v) is 10.9. The highest BCUT2D eigenvalue weighted by molar-refractivity contribution is 6.04. The Hall–Kier alpha value is -2.93. The fourth-order valence-electron chi connectivity index (χ4n) is 5.50. The lowest BCUT2D eigenvalue weighted by Crippen LogP contribution is -2.19. The van der Waals surface area contributed by atoms with Crippen LogP contribution in [0.2, 0.25) is 0 Å². The summed E-state index contributed by atoms with van der Waals surface area (Å²) in [7, 11) is 0. The molecule has 0 spiro atoms. The molecule has 0 radical (unpaired) electrons. The molecule has 3 aromatic carbocycles. The lowest BCUT2D eigenvalue weighted by atomic mass is 9.76. The summed E-state index contributed by atoms with van der Waals surface area (Å²) < 4.78 is 0. The van der Waals surface area contributed by atoms with E-state index in [0.29, 0.717) is 5.92 Å². The summed E-state index contributed by atoms with van der Waals surface area (Å²) in [6.45, 7) is 13.7. The van der Waals surface area contributed by atoms with Crippen LogP contribution in [0.15, 0.2) is 60.7 Å². The molecular formula is C29H29N. The van der Waals surface area contributed by atoms with Gasteiger partial charge in [0.15, 0.2) is 0 Å². The Labute approximate surface area is 179 Å². The average molecular weight is 392 g/mol. The molecular weight excluding hydrogens is 362 g/mol. The zero-order chi connectivity index (χ0) is 21.2. The second-order valence-corrected chi connectivity index (χ2v) is 9.65. The highest BCUT2D eigenvalue weighted by atomic mass is 14.7. The van der Waals surface area contributed by atoms with Crippen LogP contribution in [0.4, 0.5) is 0 Å². The van der Waals surface area contributed by atoms with Gasteiger partial charge in [-0.2, -0.15) is 0 Å². The van der Waals surface area contributed by atoms with Gasteiger partial charge in [-0.3, -0.25) is 0 Å². The maximum absolute atomic E-state index is 5.25. The third kappa shape index (κ3) is 2.65. The molecule has 0 saturated carbocycles. The number of fused-ring (bicyclic) bond motifs is 5. The Morgan fingerprint density at radius 1 is 0.800 bits per heavy atom. The topological polar surface area (TPSA) is 12.9 Å². The Morgan fingerprint density at radius 3 is 2.20 bits per heavy atom. The van der Waals surface area contributed by atoms with Crippen molar-refractivity contribution in [2.75, 3.05) is 0 Å². The fraction of sp³-hybridized carbons (Fsp3) is 0.276. The van der Waals surface area contributed by atoms with Gasteiger partial charge in [-0.25, -0.2) is 4.98 Å². The monoisotopic (exact) mass is 391 g/mol. The maximum atomic E-state index is 5.25. The number of aromatic nitrogens is 1. The van der Waals surface area contributed by atoms with Crippen molar-refractivity contribution in [1.82, 2.24) is 4.98 Å². The number of benzene rings is 3. The Balaban J connectivity index is 1.97. The molecule has 30 heavy (non-hydrogen) atoms. The second kappa shape index (κ2) is 6.54. The number of pyridine rings is 1. The minimum atomic E-state index is -0.102. The van der Waals surface area contributed by atoms with Crippen LogP contribution in [0.25, 0.3) is 33.3 Å². The molecule has 0 atom stereocenters. The predicted molar refractivity (Wildman–Crippen MR) is 128 cm³/mol. The van der Waals surface area contributed by atoms with Gasteiger partial charge in [0.25, 0.3) is 0 Å². The summed E-state index contributed by atoms with van der Waals surface area (Å²) in [4.78, 5) is 5.25. The van der Waals surface area contributed by atoms with E-state index in [1.54, 1.807) is 0 Å². The molecule has 1 aliphatic rings. The normalized spacial score (nSPS) is 14.2. The molecule has 1 aliphatic carbocycles. The van der Waals surface area contributed by atoms with Gasteiger partial charge in [-0.15, -0.1) is 0 Å². The van der Waals surface area contributed by atoms with E-state index in [-0.39, 0.29) is 5.41 Å². The van der Waals surface area contributed by atoms with Crippen LogP contribution in [0.3, 0.4) is 0 Å². The smallest absolute Gasteiger partial charge is 0.0756 e. The van der Waals surface area contributed by atoms with Gasteiger partial charge in [0.1, 0.15) is 0 Å². The lowest BCUT2D eigenvalue weighted by molar-refractivity contribution is 0.642. The van der Waals surface area contributed by atoms with Gasteiger partial charge in [-0.1, -0.05) is 81.3 Å². The van der Waals surface area contributed by atoms with Crippen LogP contribution in [0.5, 0.6) is 0 Å². The van der Waals surface area contributed by atoms with Gasteiger partial charge in [-0.05, 0) is 65.8 Å². The van der Waals surface area contributed by atoms with Crippen molar-refractivity contribution in [2.45, 2.75) is 52.9 Å². The summed E-state index contributed by atoms with van der Waals surface area (Å²) in [6.07, 6.45) is 0. The zero-order valence-corrected chi connectivity index (χ0v) is 18.8. The van der Waals surface area contributed by atoms with E-state index in [1.807, 2.05) is 0 Å². The molecule has 1 heterocycles. The summed E-state index contributed by atoms with van der Waals surface area (Å²) in [5.74, 6) is 0.484. The SMILES string of the molecule is Cc1cc(C)cc(-c2nc3ccccc3c3c2C(C)(C)c2c-3cccc2C(C)C)c1. The van der Waals surface area contributed by atoms with E-state index in [0.717, 1.165) is 11.2 Å². The van der Waals surface area contributed by atoms with E-state index in [2.05, 4.69) is 102 Å². The first-order valence-electron chi connectivity index (χ1n) is 10.9. The van der Waals surface area contributed by atoms with Gasteiger partial charge in [0.2, 0.25) is 0 Å². The first kappa shape index (κ1) is 19.1. The van der Waals surface area contributed by atoms with Crippen molar-refractivity contribution in [1.29, 1.82) is 0 Å². The molecule has 4 aromatic rings. The van der Waals surface area contributed by atoms with Crippen molar-refractivity contribution in [2.24, 2.45) is 0 Å². The van der Waals surface area contributed by atoms with Crippen molar-refractivity contribution in [3.63, 3.8) is 0 Å². The molecule has 5 rings (SSSR count). The van der Waals surface area contributed by atoms with Gasteiger partial charge >= 0.3 is 0 Å². The fourth-order valence-corrected chi connectivity index (χ4v) is 5.50. The molecule has 0 amide bonds. The number of hydrogen-bond donors (Lipinski definition) is 0. The average Bonchev–Trinajstić information content (AvgIpc) is 2.95. The summed E-state index contributed by atoms with van der Waals surface area (Å²) in [5.41, 5.74) is 12.9. The molecule has 0 unspecified atom stereocenters. The third-order valence-corrected chi connectivity index (χ3v) is 6.63. The molecule has 0 bridgehead atoms. The van der Waals surface area contributed by atoms with Crippen molar-refractivity contribution < 1.29 is 0 Å².